The smallest absolute Gasteiger partial charge is 0.239 e. The van der Waals surface area contributed by atoms with E-state index >= 15 is 0 Å². The summed E-state index contributed by atoms with van der Waals surface area (Å²) in [6.07, 6.45) is 2.51. The van der Waals surface area contributed by atoms with Crippen molar-refractivity contribution in [3.05, 3.63) is 47.7 Å². The molecule has 142 valence electrons. The first-order valence-corrected chi connectivity index (χ1v) is 9.95. The molecule has 0 radical (unpaired) electrons. The van der Waals surface area contributed by atoms with Crippen LogP contribution in [0.2, 0.25) is 0 Å². The maximum Gasteiger partial charge on any atom is 0.239 e. The fourth-order valence-electron chi connectivity index (χ4n) is 5.51. The molecular weight excluding hydrogens is 340 g/mol. The first-order chi connectivity index (χ1) is 13.2. The maximum absolute atomic E-state index is 12.7. The van der Waals surface area contributed by atoms with Crippen LogP contribution in [-0.4, -0.2) is 59.1 Å². The minimum Gasteiger partial charge on any atom is -0.360 e. The van der Waals surface area contributed by atoms with Crippen LogP contribution in [0.3, 0.4) is 0 Å². The predicted octanol–water partition coefficient (Wildman–Crippen LogP) is 2.48. The van der Waals surface area contributed by atoms with Gasteiger partial charge in [-0.3, -0.25) is 14.6 Å². The molecule has 4 saturated heterocycles. The molecule has 0 unspecified atom stereocenters. The second-order valence-corrected chi connectivity index (χ2v) is 8.17. The summed E-state index contributed by atoms with van der Waals surface area (Å²) in [6, 6.07) is 13.6. The molecule has 0 saturated carbocycles. The minimum atomic E-state index is -0.00721. The standard InChI is InChI=1S/C21H26N4O2/c1-14-11-18(23-27-14)22-19(26)13-25-12-17(15-5-3-2-4-6-15)21-20(25)16-7-9-24(21)10-8-16/h2-6,11,16-17,20-21H,7-10,12-13H2,1H3,(H,22,23,26)/t17-,20+,21+/m0/s1. The van der Waals surface area contributed by atoms with E-state index in [1.807, 2.05) is 6.92 Å². The van der Waals surface area contributed by atoms with Crippen molar-refractivity contribution in [3.8, 4) is 0 Å². The summed E-state index contributed by atoms with van der Waals surface area (Å²) in [7, 11) is 0. The van der Waals surface area contributed by atoms with Crippen LogP contribution in [0.1, 0.15) is 30.1 Å². The zero-order valence-corrected chi connectivity index (χ0v) is 15.7. The van der Waals surface area contributed by atoms with Gasteiger partial charge in [-0.05, 0) is 44.3 Å². The number of benzene rings is 1. The molecule has 27 heavy (non-hydrogen) atoms. The molecule has 4 fully saturated rings. The monoisotopic (exact) mass is 366 g/mol. The van der Waals surface area contributed by atoms with Gasteiger partial charge in [0.2, 0.25) is 5.91 Å². The van der Waals surface area contributed by atoms with Crippen LogP contribution >= 0.6 is 0 Å². The van der Waals surface area contributed by atoms with Crippen LogP contribution in [-0.2, 0) is 4.79 Å². The van der Waals surface area contributed by atoms with E-state index in [2.05, 4.69) is 50.6 Å². The zero-order chi connectivity index (χ0) is 18.4. The van der Waals surface area contributed by atoms with E-state index in [0.29, 0.717) is 42.0 Å². The van der Waals surface area contributed by atoms with Gasteiger partial charge in [-0.1, -0.05) is 35.5 Å². The normalized spacial score (nSPS) is 32.4. The fourth-order valence-corrected chi connectivity index (χ4v) is 5.51. The van der Waals surface area contributed by atoms with Gasteiger partial charge in [-0.25, -0.2) is 0 Å². The highest BCUT2D eigenvalue weighted by molar-refractivity contribution is 5.91. The third-order valence-electron chi connectivity index (χ3n) is 6.56. The Labute approximate surface area is 159 Å². The van der Waals surface area contributed by atoms with Gasteiger partial charge >= 0.3 is 0 Å². The Hall–Kier alpha value is -2.18. The molecule has 2 aromatic rings. The lowest BCUT2D eigenvalue weighted by atomic mass is 9.75. The number of carbonyl (C=O) groups is 1. The first-order valence-electron chi connectivity index (χ1n) is 9.95. The van der Waals surface area contributed by atoms with Gasteiger partial charge in [0.1, 0.15) is 5.76 Å². The van der Waals surface area contributed by atoms with Crippen LogP contribution in [0, 0.1) is 12.8 Å². The van der Waals surface area contributed by atoms with Crippen LogP contribution < -0.4 is 5.32 Å². The minimum absolute atomic E-state index is 0.00721. The molecule has 2 bridgehead atoms. The number of nitrogens with one attached hydrogen (secondary N) is 1. The van der Waals surface area contributed by atoms with Crippen molar-refractivity contribution in [3.63, 3.8) is 0 Å². The molecular formula is C21H26N4O2. The van der Waals surface area contributed by atoms with Crippen molar-refractivity contribution < 1.29 is 9.32 Å². The molecule has 1 amide bonds. The van der Waals surface area contributed by atoms with Crippen molar-refractivity contribution in [1.82, 2.24) is 15.0 Å². The molecule has 6 rings (SSSR count). The second kappa shape index (κ2) is 6.77. The number of hydrogen-bond acceptors (Lipinski definition) is 5. The SMILES string of the molecule is Cc1cc(NC(=O)CN2C[C@@H](c3ccccc3)[C@@H]3[C@H]2C2CCN3CC2)no1. The molecule has 6 heteroatoms. The van der Waals surface area contributed by atoms with Crippen LogP contribution in [0.25, 0.3) is 0 Å². The van der Waals surface area contributed by atoms with Crippen molar-refractivity contribution in [1.29, 1.82) is 0 Å². The summed E-state index contributed by atoms with van der Waals surface area (Å²) in [5.74, 6) is 2.37. The molecule has 6 nitrogen and oxygen atoms in total. The number of anilines is 1. The lowest BCUT2D eigenvalue weighted by Gasteiger charge is -2.51. The molecule has 3 atom stereocenters. The average molecular weight is 366 g/mol. The fraction of sp³-hybridized carbons (Fsp3) is 0.524. The molecule has 0 spiro atoms. The molecule has 1 aromatic heterocycles. The third-order valence-corrected chi connectivity index (χ3v) is 6.56. The largest absolute Gasteiger partial charge is 0.360 e. The average Bonchev–Trinajstić information content (AvgIpc) is 3.28. The predicted molar refractivity (Wildman–Crippen MR) is 102 cm³/mol. The summed E-state index contributed by atoms with van der Waals surface area (Å²) in [4.78, 5) is 17.7. The number of amides is 1. The molecule has 0 aliphatic carbocycles. The highest BCUT2D eigenvalue weighted by atomic mass is 16.5. The molecule has 4 aliphatic heterocycles. The van der Waals surface area contributed by atoms with Crippen LogP contribution in [0.15, 0.2) is 40.9 Å². The number of fused-ring (bicyclic) bond motifs is 2. The quantitative estimate of drug-likeness (QED) is 0.901. The Morgan fingerprint density at radius 3 is 2.70 bits per heavy atom. The van der Waals surface area contributed by atoms with Crippen molar-refractivity contribution in [2.24, 2.45) is 5.92 Å². The first kappa shape index (κ1) is 17.0. The summed E-state index contributed by atoms with van der Waals surface area (Å²) in [5.41, 5.74) is 1.40. The van der Waals surface area contributed by atoms with Gasteiger partial charge in [0.15, 0.2) is 5.82 Å². The summed E-state index contributed by atoms with van der Waals surface area (Å²) in [5, 5.41) is 6.76. The summed E-state index contributed by atoms with van der Waals surface area (Å²) >= 11 is 0. The van der Waals surface area contributed by atoms with Crippen LogP contribution in [0.4, 0.5) is 5.82 Å². The van der Waals surface area contributed by atoms with Gasteiger partial charge in [-0.2, -0.15) is 0 Å². The third kappa shape index (κ3) is 3.07. The Kier molecular flexibility index (Phi) is 4.25. The Balaban J connectivity index is 1.37. The second-order valence-electron chi connectivity index (χ2n) is 8.17. The Morgan fingerprint density at radius 1 is 1.22 bits per heavy atom. The van der Waals surface area contributed by atoms with Gasteiger partial charge in [0.25, 0.3) is 0 Å². The number of aromatic nitrogens is 1. The van der Waals surface area contributed by atoms with Gasteiger partial charge in [0.05, 0.1) is 6.54 Å². The summed E-state index contributed by atoms with van der Waals surface area (Å²) < 4.78 is 5.05. The lowest BCUT2D eigenvalue weighted by Crippen LogP contribution is -2.60. The van der Waals surface area contributed by atoms with E-state index in [0.717, 1.165) is 6.54 Å². The van der Waals surface area contributed by atoms with Crippen LogP contribution in [0.5, 0.6) is 0 Å². The molecule has 5 heterocycles. The topological polar surface area (TPSA) is 61.6 Å². The van der Waals surface area contributed by atoms with Gasteiger partial charge in [-0.15, -0.1) is 0 Å². The Bertz CT molecular complexity index is 813. The zero-order valence-electron chi connectivity index (χ0n) is 15.7. The van der Waals surface area contributed by atoms with E-state index in [1.54, 1.807) is 6.07 Å². The summed E-state index contributed by atoms with van der Waals surface area (Å²) in [6.45, 7) is 5.59. The van der Waals surface area contributed by atoms with Crippen molar-refractivity contribution >= 4 is 11.7 Å². The number of carbonyl (C=O) groups excluding carboxylic acids is 1. The molecule has 4 aliphatic rings. The molecule has 1 N–H and O–H groups in total. The van der Waals surface area contributed by atoms with E-state index in [9.17, 15) is 4.79 Å². The van der Waals surface area contributed by atoms with E-state index in [4.69, 9.17) is 4.52 Å². The van der Waals surface area contributed by atoms with E-state index in [-0.39, 0.29) is 5.91 Å². The van der Waals surface area contributed by atoms with Gasteiger partial charge < -0.3 is 9.84 Å². The molecule has 1 aromatic carbocycles. The number of nitrogens with zero attached hydrogens (tertiary/aromatic N) is 3. The Morgan fingerprint density at radius 2 is 2.00 bits per heavy atom. The number of aryl methyl sites for hydroxylation is 1. The highest BCUT2D eigenvalue weighted by Crippen LogP contribution is 2.46. The maximum atomic E-state index is 12.7. The van der Waals surface area contributed by atoms with Crippen molar-refractivity contribution in [2.75, 3.05) is 31.5 Å². The lowest BCUT2D eigenvalue weighted by molar-refractivity contribution is -0.118. The van der Waals surface area contributed by atoms with Crippen molar-refractivity contribution in [2.45, 2.75) is 37.8 Å². The number of rotatable bonds is 4. The number of likely N-dealkylation sites (tertiary alicyclic amines) is 1. The van der Waals surface area contributed by atoms with E-state index < -0.39 is 0 Å². The highest BCUT2D eigenvalue weighted by Gasteiger charge is 2.53. The number of piperidine rings is 3. The van der Waals surface area contributed by atoms with Gasteiger partial charge in [0, 0.05) is 30.6 Å². The van der Waals surface area contributed by atoms with E-state index in [1.165, 1.54) is 31.5 Å². The number of hydrogen-bond donors (Lipinski definition) is 1.